The van der Waals surface area contributed by atoms with Crippen molar-refractivity contribution in [1.82, 2.24) is 10.2 Å². The summed E-state index contributed by atoms with van der Waals surface area (Å²) in [7, 11) is 0. The summed E-state index contributed by atoms with van der Waals surface area (Å²) < 4.78 is 0.477. The molecule has 54 valence electrons. The maximum absolute atomic E-state index is 5.72. The van der Waals surface area contributed by atoms with Gasteiger partial charge in [0, 0.05) is 0 Å². The second-order valence-corrected chi connectivity index (χ2v) is 3.21. The fourth-order valence-electron chi connectivity index (χ4n) is 0.456. The van der Waals surface area contributed by atoms with Crippen molar-refractivity contribution in [2.24, 2.45) is 0 Å². The molecule has 5 heteroatoms. The maximum atomic E-state index is 5.72. The topological polar surface area (TPSA) is 25.8 Å². The van der Waals surface area contributed by atoms with Crippen LogP contribution in [0.5, 0.6) is 0 Å². The number of nitrogens with zero attached hydrogens (tertiary/aromatic N) is 2. The standard InChI is InChI=1S/C5H3BrCl2N2/c1-2-3(7)4(8)5(6)10-9-2/h1H3. The van der Waals surface area contributed by atoms with Gasteiger partial charge in [-0.05, 0) is 22.9 Å². The van der Waals surface area contributed by atoms with E-state index in [1.54, 1.807) is 6.92 Å². The third-order valence-electron chi connectivity index (χ3n) is 0.979. The molecule has 0 saturated carbocycles. The Bertz CT molecular complexity index is 237. The summed E-state index contributed by atoms with van der Waals surface area (Å²) in [6, 6.07) is 0. The Balaban J connectivity index is 3.34. The molecule has 0 radical (unpaired) electrons. The average Bonchev–Trinajstić information content (AvgIpc) is 1.93. The van der Waals surface area contributed by atoms with Crippen LogP contribution < -0.4 is 0 Å². The van der Waals surface area contributed by atoms with Gasteiger partial charge in [0.25, 0.3) is 0 Å². The van der Waals surface area contributed by atoms with Crippen molar-refractivity contribution in [3.63, 3.8) is 0 Å². The van der Waals surface area contributed by atoms with Gasteiger partial charge in [0.15, 0.2) is 0 Å². The lowest BCUT2D eigenvalue weighted by molar-refractivity contribution is 0.960. The number of halogens is 3. The molecule has 0 aromatic carbocycles. The zero-order valence-corrected chi connectivity index (χ0v) is 8.13. The Kier molecular flexibility index (Phi) is 2.50. The number of rotatable bonds is 0. The maximum Gasteiger partial charge on any atom is 0.148 e. The molecule has 0 spiro atoms. The van der Waals surface area contributed by atoms with E-state index in [9.17, 15) is 0 Å². The highest BCUT2D eigenvalue weighted by Gasteiger charge is 2.06. The first-order valence-corrected chi connectivity index (χ1v) is 4.01. The molecule has 0 aliphatic carbocycles. The van der Waals surface area contributed by atoms with E-state index in [1.807, 2.05) is 0 Å². The van der Waals surface area contributed by atoms with Gasteiger partial charge < -0.3 is 0 Å². The van der Waals surface area contributed by atoms with Crippen molar-refractivity contribution in [3.8, 4) is 0 Å². The van der Waals surface area contributed by atoms with Crippen molar-refractivity contribution in [2.45, 2.75) is 6.92 Å². The van der Waals surface area contributed by atoms with E-state index in [4.69, 9.17) is 23.2 Å². The van der Waals surface area contributed by atoms with E-state index in [1.165, 1.54) is 0 Å². The first kappa shape index (κ1) is 8.24. The van der Waals surface area contributed by atoms with E-state index >= 15 is 0 Å². The van der Waals surface area contributed by atoms with E-state index in [2.05, 4.69) is 26.1 Å². The molecule has 2 nitrogen and oxygen atoms in total. The van der Waals surface area contributed by atoms with Gasteiger partial charge in [-0.15, -0.1) is 5.10 Å². The average molecular weight is 242 g/mol. The van der Waals surface area contributed by atoms with E-state index in [0.717, 1.165) is 0 Å². The SMILES string of the molecule is Cc1nnc(Br)c(Cl)c1Cl. The summed E-state index contributed by atoms with van der Waals surface area (Å²) in [4.78, 5) is 0. The van der Waals surface area contributed by atoms with Gasteiger partial charge in [-0.25, -0.2) is 0 Å². The van der Waals surface area contributed by atoms with Crippen LogP contribution in [0.3, 0.4) is 0 Å². The van der Waals surface area contributed by atoms with Crippen LogP contribution in [0.4, 0.5) is 0 Å². The number of aryl methyl sites for hydroxylation is 1. The Morgan fingerprint density at radius 3 is 2.30 bits per heavy atom. The molecule has 0 aliphatic heterocycles. The van der Waals surface area contributed by atoms with E-state index in [-0.39, 0.29) is 0 Å². The van der Waals surface area contributed by atoms with Crippen molar-refractivity contribution in [3.05, 3.63) is 20.3 Å². The molecule has 1 rings (SSSR count). The van der Waals surface area contributed by atoms with Crippen LogP contribution in [0.15, 0.2) is 4.60 Å². The van der Waals surface area contributed by atoms with Gasteiger partial charge in [0.2, 0.25) is 0 Å². The lowest BCUT2D eigenvalue weighted by atomic mass is 10.4. The zero-order chi connectivity index (χ0) is 7.72. The molecule has 10 heavy (non-hydrogen) atoms. The molecular formula is C5H3BrCl2N2. The zero-order valence-electron chi connectivity index (χ0n) is 5.03. The van der Waals surface area contributed by atoms with Gasteiger partial charge in [0.1, 0.15) is 4.60 Å². The highest BCUT2D eigenvalue weighted by Crippen LogP contribution is 2.28. The summed E-state index contributed by atoms with van der Waals surface area (Å²) in [6.07, 6.45) is 0. The predicted molar refractivity (Wildman–Crippen MR) is 44.5 cm³/mol. The lowest BCUT2D eigenvalue weighted by Crippen LogP contribution is -1.89. The van der Waals surface area contributed by atoms with Crippen LogP contribution in [0.1, 0.15) is 5.69 Å². The predicted octanol–water partition coefficient (Wildman–Crippen LogP) is 2.85. The van der Waals surface area contributed by atoms with Crippen molar-refractivity contribution in [1.29, 1.82) is 0 Å². The van der Waals surface area contributed by atoms with Crippen LogP contribution in [0.2, 0.25) is 10.0 Å². The largest absolute Gasteiger partial charge is 0.153 e. The molecule has 0 aliphatic rings. The molecule has 0 N–H and O–H groups in total. The smallest absolute Gasteiger partial charge is 0.148 e. The third-order valence-corrected chi connectivity index (χ3v) is 2.69. The Morgan fingerprint density at radius 1 is 1.20 bits per heavy atom. The molecule has 0 unspecified atom stereocenters. The normalized spacial score (nSPS) is 10.0. The van der Waals surface area contributed by atoms with Gasteiger partial charge in [0.05, 0.1) is 15.7 Å². The second kappa shape index (κ2) is 3.03. The molecule has 0 amide bonds. The molecule has 1 heterocycles. The van der Waals surface area contributed by atoms with Crippen LogP contribution >= 0.6 is 39.1 Å². The summed E-state index contributed by atoms with van der Waals surface area (Å²) in [6.45, 7) is 1.74. The van der Waals surface area contributed by atoms with Gasteiger partial charge in [-0.3, -0.25) is 0 Å². The minimum atomic E-state index is 0.411. The van der Waals surface area contributed by atoms with Gasteiger partial charge in [-0.1, -0.05) is 23.2 Å². The van der Waals surface area contributed by atoms with Crippen molar-refractivity contribution < 1.29 is 0 Å². The minimum absolute atomic E-state index is 0.411. The molecule has 0 atom stereocenters. The van der Waals surface area contributed by atoms with Crippen LogP contribution in [-0.4, -0.2) is 10.2 Å². The highest BCUT2D eigenvalue weighted by molar-refractivity contribution is 9.10. The Labute approximate surface area is 76.7 Å². The summed E-state index contributed by atoms with van der Waals surface area (Å²) >= 11 is 14.5. The first-order chi connectivity index (χ1) is 4.63. The lowest BCUT2D eigenvalue weighted by Gasteiger charge is -1.98. The summed E-state index contributed by atoms with van der Waals surface area (Å²) in [5.74, 6) is 0. The van der Waals surface area contributed by atoms with Gasteiger partial charge in [-0.2, -0.15) is 5.10 Å². The fraction of sp³-hybridized carbons (Fsp3) is 0.200. The van der Waals surface area contributed by atoms with E-state index < -0.39 is 0 Å². The third kappa shape index (κ3) is 1.41. The molecule has 0 bridgehead atoms. The number of hydrogen-bond donors (Lipinski definition) is 0. The van der Waals surface area contributed by atoms with E-state index in [0.29, 0.717) is 20.3 Å². The minimum Gasteiger partial charge on any atom is -0.153 e. The number of hydrogen-bond acceptors (Lipinski definition) is 2. The highest BCUT2D eigenvalue weighted by atomic mass is 79.9. The fourth-order valence-corrected chi connectivity index (χ4v) is 1.15. The van der Waals surface area contributed by atoms with Crippen molar-refractivity contribution in [2.75, 3.05) is 0 Å². The van der Waals surface area contributed by atoms with Crippen LogP contribution in [0.25, 0.3) is 0 Å². The second-order valence-electron chi connectivity index (χ2n) is 1.70. The summed E-state index contributed by atoms with van der Waals surface area (Å²) in [5, 5.41) is 8.27. The molecule has 0 saturated heterocycles. The molecule has 1 aromatic heterocycles. The Hall–Kier alpha value is 0.140. The monoisotopic (exact) mass is 240 g/mol. The number of aromatic nitrogens is 2. The first-order valence-electron chi connectivity index (χ1n) is 2.46. The van der Waals surface area contributed by atoms with Crippen LogP contribution in [-0.2, 0) is 0 Å². The van der Waals surface area contributed by atoms with Crippen LogP contribution in [0, 0.1) is 6.92 Å². The van der Waals surface area contributed by atoms with Crippen molar-refractivity contribution >= 4 is 39.1 Å². The molecule has 0 fully saturated rings. The Morgan fingerprint density at radius 2 is 1.80 bits per heavy atom. The molecular weight excluding hydrogens is 239 g/mol. The molecule has 1 aromatic rings. The van der Waals surface area contributed by atoms with Gasteiger partial charge >= 0.3 is 0 Å². The quantitative estimate of drug-likeness (QED) is 0.698. The summed E-state index contributed by atoms with van der Waals surface area (Å²) in [5.41, 5.74) is 0.634.